The molecule has 0 atom stereocenters. The molecule has 0 nitrogen and oxygen atoms in total. The monoisotopic (exact) mass is 524 g/mol. The van der Waals surface area contributed by atoms with Crippen molar-refractivity contribution in [1.82, 2.24) is 0 Å². The van der Waals surface area contributed by atoms with Crippen LogP contribution < -0.4 is 0 Å². The second-order valence-corrected chi connectivity index (χ2v) is 11.1. The molecule has 3 rings (SSSR count). The van der Waals surface area contributed by atoms with Gasteiger partial charge in [0.05, 0.1) is 10.1 Å². The van der Waals surface area contributed by atoms with Gasteiger partial charge in [-0.3, -0.25) is 0 Å². The molecule has 0 amide bonds. The predicted octanol–water partition coefficient (Wildman–Crippen LogP) is 8.91. The van der Waals surface area contributed by atoms with Crippen LogP contribution in [0.4, 0.5) is 26.3 Å². The molecule has 2 aromatic rings. The maximum atomic E-state index is 14.7. The Hall–Kier alpha value is -1.25. The summed E-state index contributed by atoms with van der Waals surface area (Å²) in [7, 11) is 0. The molecule has 33 heavy (non-hydrogen) atoms. The Morgan fingerprint density at radius 3 is 2.03 bits per heavy atom. The number of rotatable bonds is 8. The molecule has 180 valence electrons. The molecule has 9 heteroatoms. The molecule has 0 aliphatic carbocycles. The van der Waals surface area contributed by atoms with Crippen molar-refractivity contribution in [2.24, 2.45) is 5.92 Å². The molecule has 2 aromatic carbocycles. The molecule has 0 aromatic heterocycles. The van der Waals surface area contributed by atoms with E-state index in [1.54, 1.807) is 0 Å². The summed E-state index contributed by atoms with van der Waals surface area (Å²) in [5.74, 6) is -2.60. The van der Waals surface area contributed by atoms with Gasteiger partial charge in [0.15, 0.2) is 0 Å². The normalized spacial score (nSPS) is 19.4. The smallest absolute Gasteiger partial charge is 0.206 e. The van der Waals surface area contributed by atoms with Gasteiger partial charge in [0.1, 0.15) is 28.8 Å². The molecular formula is C24H23ClF6S2. The van der Waals surface area contributed by atoms with Crippen molar-refractivity contribution in [2.45, 2.75) is 42.6 Å². The molecule has 0 radical (unpaired) electrons. The molecule has 1 fully saturated rings. The molecular weight excluding hydrogens is 502 g/mol. The third-order valence-electron chi connectivity index (χ3n) is 5.40. The number of halogens is 7. The quantitative estimate of drug-likeness (QED) is 0.192. The molecule has 0 bridgehead atoms. The van der Waals surface area contributed by atoms with E-state index in [0.29, 0.717) is 34.6 Å². The zero-order valence-corrected chi connectivity index (χ0v) is 20.2. The average molecular weight is 525 g/mol. The van der Waals surface area contributed by atoms with E-state index in [0.717, 1.165) is 42.9 Å². The van der Waals surface area contributed by atoms with Crippen LogP contribution in [0.5, 0.6) is 0 Å². The van der Waals surface area contributed by atoms with Gasteiger partial charge in [-0.2, -0.15) is 8.78 Å². The van der Waals surface area contributed by atoms with Crippen LogP contribution in [0.3, 0.4) is 0 Å². The van der Waals surface area contributed by atoms with E-state index >= 15 is 0 Å². The largest absolute Gasteiger partial charge is 0.353 e. The van der Waals surface area contributed by atoms with Gasteiger partial charge in [0, 0.05) is 0 Å². The molecule has 1 aliphatic heterocycles. The first-order valence-corrected chi connectivity index (χ1v) is 13.0. The fourth-order valence-electron chi connectivity index (χ4n) is 3.73. The van der Waals surface area contributed by atoms with Gasteiger partial charge in [0.25, 0.3) is 0 Å². The van der Waals surface area contributed by atoms with E-state index in [1.807, 2.05) is 30.4 Å². The first-order valence-electron chi connectivity index (χ1n) is 10.5. The van der Waals surface area contributed by atoms with Crippen LogP contribution in [-0.4, -0.2) is 16.1 Å². The van der Waals surface area contributed by atoms with Gasteiger partial charge in [-0.15, -0.1) is 23.5 Å². The van der Waals surface area contributed by atoms with Crippen LogP contribution in [0.2, 0.25) is 0 Å². The van der Waals surface area contributed by atoms with Crippen molar-refractivity contribution in [3.8, 4) is 11.1 Å². The van der Waals surface area contributed by atoms with E-state index in [-0.39, 0.29) is 0 Å². The summed E-state index contributed by atoms with van der Waals surface area (Å²) in [4.78, 5) is 0. The Morgan fingerprint density at radius 1 is 0.939 bits per heavy atom. The number of hydrogen-bond acceptors (Lipinski definition) is 2. The molecule has 1 saturated heterocycles. The second-order valence-electron chi connectivity index (χ2n) is 7.89. The van der Waals surface area contributed by atoms with Crippen molar-refractivity contribution in [3.63, 3.8) is 0 Å². The number of benzene rings is 2. The fourth-order valence-corrected chi connectivity index (χ4v) is 7.03. The third-order valence-corrected chi connectivity index (χ3v) is 8.95. The van der Waals surface area contributed by atoms with Crippen LogP contribution in [0.25, 0.3) is 11.1 Å². The van der Waals surface area contributed by atoms with Gasteiger partial charge in [-0.05, 0) is 97.0 Å². The van der Waals surface area contributed by atoms with Crippen molar-refractivity contribution >= 4 is 35.1 Å². The summed E-state index contributed by atoms with van der Waals surface area (Å²) in [6, 6.07) is 3.16. The zero-order valence-electron chi connectivity index (χ0n) is 17.8. The minimum atomic E-state index is -4.28. The maximum absolute atomic E-state index is 14.7. The third kappa shape index (κ3) is 6.89. The second kappa shape index (κ2) is 11.5. The minimum absolute atomic E-state index is 0.335. The number of allylic oxidation sites excluding steroid dienone is 2. The lowest BCUT2D eigenvalue weighted by Gasteiger charge is -2.27. The number of alkyl halides is 3. The molecule has 0 unspecified atom stereocenters. The Balaban J connectivity index is 1.67. The summed E-state index contributed by atoms with van der Waals surface area (Å²) in [6.45, 7) is 2.01. The van der Waals surface area contributed by atoms with Crippen molar-refractivity contribution in [2.75, 3.05) is 11.5 Å². The van der Waals surface area contributed by atoms with Crippen LogP contribution in [0.15, 0.2) is 36.4 Å². The first-order chi connectivity index (χ1) is 15.6. The molecule has 1 heterocycles. The van der Waals surface area contributed by atoms with Crippen LogP contribution in [0.1, 0.15) is 37.3 Å². The molecule has 0 spiro atoms. The highest BCUT2D eigenvalue weighted by Gasteiger charge is 2.36. The van der Waals surface area contributed by atoms with Crippen LogP contribution in [-0.2, 0) is 11.8 Å². The molecule has 0 saturated carbocycles. The summed E-state index contributed by atoms with van der Waals surface area (Å²) in [5.41, 5.74) is -2.42. The van der Waals surface area contributed by atoms with E-state index in [4.69, 9.17) is 11.6 Å². The van der Waals surface area contributed by atoms with Crippen molar-refractivity contribution < 1.29 is 26.3 Å². The molecule has 0 N–H and O–H groups in total. The van der Waals surface area contributed by atoms with Gasteiger partial charge < -0.3 is 0 Å². The van der Waals surface area contributed by atoms with E-state index < -0.39 is 45.3 Å². The first kappa shape index (κ1) is 26.4. The maximum Gasteiger partial charge on any atom is 0.353 e. The Labute approximate surface area is 203 Å². The highest BCUT2D eigenvalue weighted by molar-refractivity contribution is 8.17. The van der Waals surface area contributed by atoms with Crippen LogP contribution in [0, 0.1) is 29.2 Å². The van der Waals surface area contributed by atoms with Gasteiger partial charge >= 0.3 is 5.38 Å². The average Bonchev–Trinajstić information content (AvgIpc) is 2.71. The standard InChI is InChI=1S/C24H23ClF6S2/c1-2-3-4-5-15-12-32-21(33-13-15)7-6-14-8-17(26)22(18(27)9-14)16-10-19(28)23(20(29)11-16)24(25,30)31/h2-3,8-11,15,21H,4-7,12-13H2,1H3. The fraction of sp³-hybridized carbons (Fsp3) is 0.417. The minimum Gasteiger partial charge on any atom is -0.206 e. The highest BCUT2D eigenvalue weighted by Crippen LogP contribution is 2.40. The van der Waals surface area contributed by atoms with Gasteiger partial charge in [0.2, 0.25) is 0 Å². The van der Waals surface area contributed by atoms with Crippen LogP contribution >= 0.6 is 35.1 Å². The zero-order chi connectivity index (χ0) is 24.2. The van der Waals surface area contributed by atoms with Crippen molar-refractivity contribution in [1.29, 1.82) is 0 Å². The number of thioether (sulfide) groups is 2. The molecule has 1 aliphatic rings. The highest BCUT2D eigenvalue weighted by atomic mass is 35.5. The summed E-state index contributed by atoms with van der Waals surface area (Å²) in [6.07, 6.45) is 7.62. The Kier molecular flexibility index (Phi) is 9.15. The lowest BCUT2D eigenvalue weighted by atomic mass is 9.99. The number of aryl methyl sites for hydroxylation is 1. The summed E-state index contributed by atoms with van der Waals surface area (Å²) in [5, 5.41) is -4.28. The Bertz CT molecular complexity index is 951. The lowest BCUT2D eigenvalue weighted by molar-refractivity contribution is 0.0859. The van der Waals surface area contributed by atoms with E-state index in [1.165, 1.54) is 0 Å². The van der Waals surface area contributed by atoms with E-state index in [2.05, 4.69) is 12.2 Å². The predicted molar refractivity (Wildman–Crippen MR) is 126 cm³/mol. The van der Waals surface area contributed by atoms with Gasteiger partial charge in [-0.25, -0.2) is 17.6 Å². The van der Waals surface area contributed by atoms with Gasteiger partial charge in [-0.1, -0.05) is 12.2 Å². The summed E-state index contributed by atoms with van der Waals surface area (Å²) >= 11 is 8.44. The van der Waals surface area contributed by atoms with Crippen molar-refractivity contribution in [3.05, 3.63) is 70.8 Å². The number of hydrogen-bond donors (Lipinski definition) is 0. The lowest BCUT2D eigenvalue weighted by Crippen LogP contribution is -2.18. The Morgan fingerprint density at radius 2 is 1.52 bits per heavy atom. The topological polar surface area (TPSA) is 0 Å². The SMILES string of the molecule is CC=CCCC1CSC(CCc2cc(F)c(-c3cc(F)c(C(F)(F)Cl)c(F)c3)c(F)c2)SC1. The van der Waals surface area contributed by atoms with E-state index in [9.17, 15) is 26.3 Å². The summed E-state index contributed by atoms with van der Waals surface area (Å²) < 4.78 is 84.1.